The Labute approximate surface area is 178 Å². The fourth-order valence-corrected chi connectivity index (χ4v) is 5.21. The highest BCUT2D eigenvalue weighted by Crippen LogP contribution is 2.30. The lowest BCUT2D eigenvalue weighted by Crippen LogP contribution is -2.26. The molecule has 5 heterocycles. The van der Waals surface area contributed by atoms with Crippen LogP contribution in [0.4, 0.5) is 0 Å². The van der Waals surface area contributed by atoms with E-state index < -0.39 is 0 Å². The molecule has 0 saturated heterocycles. The van der Waals surface area contributed by atoms with Crippen LogP contribution in [-0.2, 0) is 31.3 Å². The SMILES string of the molecule is COCCSN1CCc2c(n(C)c3c(=O)n(Cc4c[nH]c5cnccc45)ncc23)C1. The summed E-state index contributed by atoms with van der Waals surface area (Å²) in [5, 5.41) is 6.56. The summed E-state index contributed by atoms with van der Waals surface area (Å²) in [4.78, 5) is 20.7. The number of nitrogens with one attached hydrogen (secondary N) is 1. The lowest BCUT2D eigenvalue weighted by atomic mass is 10.1. The van der Waals surface area contributed by atoms with E-state index in [9.17, 15) is 4.79 Å². The number of ether oxygens (including phenoxy) is 1. The van der Waals surface area contributed by atoms with Gasteiger partial charge in [-0.05, 0) is 23.6 Å². The number of methoxy groups -OCH3 is 1. The molecule has 0 bridgehead atoms. The molecule has 0 radical (unpaired) electrons. The number of aryl methyl sites for hydroxylation is 1. The molecular formula is C21H24N6O2S. The van der Waals surface area contributed by atoms with Crippen molar-refractivity contribution >= 4 is 33.8 Å². The highest BCUT2D eigenvalue weighted by atomic mass is 32.2. The highest BCUT2D eigenvalue weighted by Gasteiger charge is 2.25. The van der Waals surface area contributed by atoms with Gasteiger partial charge in [0.05, 0.1) is 31.1 Å². The summed E-state index contributed by atoms with van der Waals surface area (Å²) in [6.07, 6.45) is 8.27. The molecule has 0 amide bonds. The number of rotatable bonds is 6. The average molecular weight is 425 g/mol. The summed E-state index contributed by atoms with van der Waals surface area (Å²) in [5.41, 5.74) is 5.14. The number of hydrogen-bond acceptors (Lipinski definition) is 6. The molecule has 1 N–H and O–H groups in total. The van der Waals surface area contributed by atoms with Crippen molar-refractivity contribution in [3.8, 4) is 0 Å². The Morgan fingerprint density at radius 3 is 3.07 bits per heavy atom. The number of nitrogens with zero attached hydrogens (tertiary/aromatic N) is 5. The van der Waals surface area contributed by atoms with Crippen molar-refractivity contribution in [2.24, 2.45) is 7.05 Å². The lowest BCUT2D eigenvalue weighted by Gasteiger charge is -2.26. The van der Waals surface area contributed by atoms with E-state index in [0.29, 0.717) is 6.54 Å². The Balaban J connectivity index is 1.49. The van der Waals surface area contributed by atoms with Crippen LogP contribution in [0, 0.1) is 0 Å². The fraction of sp³-hybridized carbons (Fsp3) is 0.381. The van der Waals surface area contributed by atoms with Crippen LogP contribution in [0.25, 0.3) is 21.8 Å². The van der Waals surface area contributed by atoms with Crippen molar-refractivity contribution < 1.29 is 4.74 Å². The summed E-state index contributed by atoms with van der Waals surface area (Å²) >= 11 is 1.80. The van der Waals surface area contributed by atoms with Crippen molar-refractivity contribution in [2.75, 3.05) is 26.0 Å². The van der Waals surface area contributed by atoms with E-state index in [2.05, 4.69) is 23.9 Å². The van der Waals surface area contributed by atoms with Gasteiger partial charge >= 0.3 is 0 Å². The predicted molar refractivity (Wildman–Crippen MR) is 119 cm³/mol. The van der Waals surface area contributed by atoms with E-state index in [1.54, 1.807) is 36.1 Å². The van der Waals surface area contributed by atoms with Crippen molar-refractivity contribution in [3.63, 3.8) is 0 Å². The van der Waals surface area contributed by atoms with Gasteiger partial charge in [-0.1, -0.05) is 11.9 Å². The van der Waals surface area contributed by atoms with Gasteiger partial charge in [0.2, 0.25) is 0 Å². The Kier molecular flexibility index (Phi) is 5.10. The third-order valence-corrected chi connectivity index (χ3v) is 6.85. The largest absolute Gasteiger partial charge is 0.384 e. The Morgan fingerprint density at radius 1 is 1.30 bits per heavy atom. The van der Waals surface area contributed by atoms with Crippen LogP contribution < -0.4 is 5.56 Å². The molecular weight excluding hydrogens is 400 g/mol. The first-order valence-electron chi connectivity index (χ1n) is 10.0. The van der Waals surface area contributed by atoms with Gasteiger partial charge in [0, 0.05) is 61.9 Å². The maximum absolute atomic E-state index is 13.3. The van der Waals surface area contributed by atoms with Crippen LogP contribution in [0.2, 0.25) is 0 Å². The summed E-state index contributed by atoms with van der Waals surface area (Å²) in [6, 6.07) is 1.96. The molecule has 0 aliphatic carbocycles. The van der Waals surface area contributed by atoms with Gasteiger partial charge in [-0.2, -0.15) is 5.10 Å². The molecule has 0 saturated carbocycles. The maximum atomic E-state index is 13.3. The third kappa shape index (κ3) is 3.23. The minimum Gasteiger partial charge on any atom is -0.384 e. The Hall–Kier alpha value is -2.62. The topological polar surface area (TPSA) is 81.0 Å². The first-order chi connectivity index (χ1) is 14.7. The van der Waals surface area contributed by atoms with Gasteiger partial charge in [-0.3, -0.25) is 9.78 Å². The van der Waals surface area contributed by atoms with Gasteiger partial charge in [-0.25, -0.2) is 8.99 Å². The molecule has 0 fully saturated rings. The van der Waals surface area contributed by atoms with E-state index in [1.807, 2.05) is 25.5 Å². The zero-order chi connectivity index (χ0) is 20.7. The van der Waals surface area contributed by atoms with Gasteiger partial charge in [0.25, 0.3) is 5.56 Å². The van der Waals surface area contributed by atoms with Gasteiger partial charge < -0.3 is 14.3 Å². The predicted octanol–water partition coefficient (Wildman–Crippen LogP) is 2.31. The van der Waals surface area contributed by atoms with Crippen LogP contribution in [-0.4, -0.2) is 54.6 Å². The maximum Gasteiger partial charge on any atom is 0.291 e. The third-order valence-electron chi connectivity index (χ3n) is 5.82. The molecule has 4 aromatic rings. The second-order valence-electron chi connectivity index (χ2n) is 7.53. The number of aromatic amines is 1. The van der Waals surface area contributed by atoms with E-state index in [4.69, 9.17) is 4.74 Å². The van der Waals surface area contributed by atoms with Gasteiger partial charge in [-0.15, -0.1) is 0 Å². The normalized spacial score (nSPS) is 14.6. The summed E-state index contributed by atoms with van der Waals surface area (Å²) < 4.78 is 11.1. The van der Waals surface area contributed by atoms with Crippen LogP contribution in [0.5, 0.6) is 0 Å². The molecule has 4 aromatic heterocycles. The molecule has 156 valence electrons. The van der Waals surface area contributed by atoms with Gasteiger partial charge in [0.1, 0.15) is 5.52 Å². The molecule has 30 heavy (non-hydrogen) atoms. The van der Waals surface area contributed by atoms with Crippen molar-refractivity contribution in [1.82, 2.24) is 28.6 Å². The van der Waals surface area contributed by atoms with E-state index >= 15 is 0 Å². The summed E-state index contributed by atoms with van der Waals surface area (Å²) in [7, 11) is 3.72. The molecule has 1 aliphatic rings. The van der Waals surface area contributed by atoms with Crippen LogP contribution in [0.3, 0.4) is 0 Å². The molecule has 0 aromatic carbocycles. The lowest BCUT2D eigenvalue weighted by molar-refractivity contribution is 0.218. The molecule has 1 aliphatic heterocycles. The second kappa shape index (κ2) is 7.90. The quantitative estimate of drug-likeness (QED) is 0.378. The summed E-state index contributed by atoms with van der Waals surface area (Å²) in [6.45, 7) is 2.95. The summed E-state index contributed by atoms with van der Waals surface area (Å²) in [5.74, 6) is 0.935. The molecule has 5 rings (SSSR count). The molecule has 0 unspecified atom stereocenters. The minimum absolute atomic E-state index is 0.0496. The molecule has 0 spiro atoms. The van der Waals surface area contributed by atoms with Crippen molar-refractivity contribution in [2.45, 2.75) is 19.5 Å². The van der Waals surface area contributed by atoms with Crippen molar-refractivity contribution in [1.29, 1.82) is 0 Å². The first-order valence-corrected chi connectivity index (χ1v) is 10.9. The van der Waals surface area contributed by atoms with Crippen LogP contribution >= 0.6 is 11.9 Å². The Morgan fingerprint density at radius 2 is 2.20 bits per heavy atom. The molecule has 9 heteroatoms. The number of pyridine rings is 1. The fourth-order valence-electron chi connectivity index (χ4n) is 4.28. The molecule has 8 nitrogen and oxygen atoms in total. The zero-order valence-corrected chi connectivity index (χ0v) is 17.9. The number of aromatic nitrogens is 5. The molecule has 0 atom stereocenters. The van der Waals surface area contributed by atoms with Crippen LogP contribution in [0.1, 0.15) is 16.8 Å². The first kappa shape index (κ1) is 19.3. The number of fused-ring (bicyclic) bond motifs is 4. The number of hydrogen-bond donors (Lipinski definition) is 1. The number of H-pyrrole nitrogens is 1. The van der Waals surface area contributed by atoms with Crippen LogP contribution in [0.15, 0.2) is 35.6 Å². The van der Waals surface area contributed by atoms with E-state index in [1.165, 1.54) is 11.3 Å². The van der Waals surface area contributed by atoms with E-state index in [-0.39, 0.29) is 5.56 Å². The average Bonchev–Trinajstić information content (AvgIpc) is 3.30. The van der Waals surface area contributed by atoms with Crippen molar-refractivity contribution in [3.05, 3.63) is 58.0 Å². The zero-order valence-electron chi connectivity index (χ0n) is 17.1. The highest BCUT2D eigenvalue weighted by molar-refractivity contribution is 7.97. The monoisotopic (exact) mass is 424 g/mol. The standard InChI is InChI=1S/C21H24N6O2S/c1-25-19-13-26(30-8-7-29-2)6-4-16(19)17-10-24-27(21(28)20(17)25)12-14-9-23-18-11-22-5-3-15(14)18/h3,5,9-11,23H,4,6-8,12-13H2,1-2H3. The smallest absolute Gasteiger partial charge is 0.291 e. The second-order valence-corrected chi connectivity index (χ2v) is 8.71. The van der Waals surface area contributed by atoms with E-state index in [0.717, 1.165) is 59.2 Å². The minimum atomic E-state index is -0.0496. The Bertz CT molecular complexity index is 1270. The van der Waals surface area contributed by atoms with Gasteiger partial charge in [0.15, 0.2) is 0 Å².